The molecule has 0 saturated carbocycles. The van der Waals surface area contributed by atoms with Crippen molar-refractivity contribution >= 4 is 18.0 Å². The van der Waals surface area contributed by atoms with Crippen molar-refractivity contribution < 1.29 is 18.0 Å². The molecule has 1 nitrogen and oxygen atoms in total. The van der Waals surface area contributed by atoms with Crippen molar-refractivity contribution in [3.63, 3.8) is 0 Å². The van der Waals surface area contributed by atoms with Gasteiger partial charge in [-0.3, -0.25) is 4.79 Å². The molecule has 0 unspecified atom stereocenters. The molecule has 0 bridgehead atoms. The summed E-state index contributed by atoms with van der Waals surface area (Å²) in [5, 5.41) is 0. The van der Waals surface area contributed by atoms with E-state index >= 15 is 0 Å². The van der Waals surface area contributed by atoms with Crippen molar-refractivity contribution in [2.24, 2.45) is 0 Å². The van der Waals surface area contributed by atoms with Crippen LogP contribution < -0.4 is 0 Å². The highest BCUT2D eigenvalue weighted by molar-refractivity contribution is 7.99. The van der Waals surface area contributed by atoms with E-state index in [0.717, 1.165) is 30.0 Å². The van der Waals surface area contributed by atoms with Crippen molar-refractivity contribution in [1.82, 2.24) is 0 Å². The smallest absolute Gasteiger partial charge is 0.159 e. The standard InChI is InChI=1S/C13H7F3OS/c14-9-3-8(7-17)4-11(5-9)18-10-1-2-12(15)13(16)6-10/h1-7H. The number of hydrogen-bond acceptors (Lipinski definition) is 2. The Morgan fingerprint density at radius 2 is 1.67 bits per heavy atom. The van der Waals surface area contributed by atoms with Crippen LogP contribution in [0.4, 0.5) is 13.2 Å². The average Bonchev–Trinajstić information content (AvgIpc) is 2.33. The third-order valence-corrected chi connectivity index (χ3v) is 3.12. The van der Waals surface area contributed by atoms with Crippen molar-refractivity contribution in [2.75, 3.05) is 0 Å². The topological polar surface area (TPSA) is 17.1 Å². The summed E-state index contributed by atoms with van der Waals surface area (Å²) in [6.07, 6.45) is 0.526. The molecule has 5 heteroatoms. The Morgan fingerprint density at radius 1 is 0.889 bits per heavy atom. The summed E-state index contributed by atoms with van der Waals surface area (Å²) in [6.45, 7) is 0. The van der Waals surface area contributed by atoms with Gasteiger partial charge >= 0.3 is 0 Å². The molecular weight excluding hydrogens is 261 g/mol. The van der Waals surface area contributed by atoms with Gasteiger partial charge in [0, 0.05) is 15.4 Å². The van der Waals surface area contributed by atoms with Crippen LogP contribution in [0.5, 0.6) is 0 Å². The van der Waals surface area contributed by atoms with Crippen molar-refractivity contribution in [1.29, 1.82) is 0 Å². The molecular formula is C13H7F3OS. The fraction of sp³-hybridized carbons (Fsp3) is 0. The summed E-state index contributed by atoms with van der Waals surface area (Å²) in [5.41, 5.74) is 0.195. The second-order valence-corrected chi connectivity index (χ2v) is 4.66. The van der Waals surface area contributed by atoms with E-state index in [1.807, 2.05) is 0 Å². The summed E-state index contributed by atoms with van der Waals surface area (Å²) < 4.78 is 38.9. The summed E-state index contributed by atoms with van der Waals surface area (Å²) in [7, 11) is 0. The van der Waals surface area contributed by atoms with Gasteiger partial charge < -0.3 is 0 Å². The van der Waals surface area contributed by atoms with E-state index in [1.165, 1.54) is 18.2 Å². The number of rotatable bonds is 3. The van der Waals surface area contributed by atoms with E-state index in [9.17, 15) is 18.0 Å². The molecule has 0 amide bonds. The fourth-order valence-electron chi connectivity index (χ4n) is 1.39. The Balaban J connectivity index is 2.30. The lowest BCUT2D eigenvalue weighted by atomic mass is 10.2. The van der Waals surface area contributed by atoms with Gasteiger partial charge in [-0.2, -0.15) is 0 Å². The molecule has 0 radical (unpaired) electrons. The lowest BCUT2D eigenvalue weighted by Crippen LogP contribution is -1.86. The van der Waals surface area contributed by atoms with Crippen LogP contribution in [0.1, 0.15) is 10.4 Å². The zero-order valence-electron chi connectivity index (χ0n) is 8.99. The molecule has 0 N–H and O–H groups in total. The van der Waals surface area contributed by atoms with Crippen LogP contribution in [0.15, 0.2) is 46.2 Å². The van der Waals surface area contributed by atoms with E-state index in [4.69, 9.17) is 0 Å². The third-order valence-electron chi connectivity index (χ3n) is 2.16. The monoisotopic (exact) mass is 268 g/mol. The molecule has 92 valence electrons. The SMILES string of the molecule is O=Cc1cc(F)cc(Sc2ccc(F)c(F)c2)c1. The Morgan fingerprint density at radius 3 is 2.33 bits per heavy atom. The van der Waals surface area contributed by atoms with Gasteiger partial charge in [-0.25, -0.2) is 13.2 Å². The van der Waals surface area contributed by atoms with Crippen molar-refractivity contribution in [3.8, 4) is 0 Å². The normalized spacial score (nSPS) is 10.4. The highest BCUT2D eigenvalue weighted by atomic mass is 32.2. The Hall–Kier alpha value is -1.75. The predicted octanol–water partition coefficient (Wildman–Crippen LogP) is 4.07. The molecule has 0 aromatic heterocycles. The van der Waals surface area contributed by atoms with Gasteiger partial charge in [0.2, 0.25) is 0 Å². The molecule has 2 rings (SSSR count). The number of benzene rings is 2. The fourth-order valence-corrected chi connectivity index (χ4v) is 2.32. The summed E-state index contributed by atoms with van der Waals surface area (Å²) >= 11 is 1.05. The first-order chi connectivity index (χ1) is 8.58. The van der Waals surface area contributed by atoms with Gasteiger partial charge in [0.1, 0.15) is 12.1 Å². The first kappa shape index (κ1) is 12.7. The molecule has 0 atom stereocenters. The summed E-state index contributed by atoms with van der Waals surface area (Å²) in [4.78, 5) is 11.5. The lowest BCUT2D eigenvalue weighted by Gasteiger charge is -2.03. The maximum Gasteiger partial charge on any atom is 0.159 e. The van der Waals surface area contributed by atoms with Crippen LogP contribution in [-0.4, -0.2) is 6.29 Å². The van der Waals surface area contributed by atoms with Gasteiger partial charge in [0.25, 0.3) is 0 Å². The Labute approximate surface area is 106 Å². The molecule has 18 heavy (non-hydrogen) atoms. The number of hydrogen-bond donors (Lipinski definition) is 0. The molecule has 0 fully saturated rings. The van der Waals surface area contributed by atoms with Gasteiger partial charge in [0.05, 0.1) is 0 Å². The number of aldehydes is 1. The highest BCUT2D eigenvalue weighted by Gasteiger charge is 2.06. The zero-order chi connectivity index (χ0) is 13.1. The number of halogens is 3. The molecule has 0 aliphatic carbocycles. The van der Waals surface area contributed by atoms with E-state index < -0.39 is 17.5 Å². The van der Waals surface area contributed by atoms with E-state index in [-0.39, 0.29) is 5.56 Å². The van der Waals surface area contributed by atoms with Gasteiger partial charge in [-0.15, -0.1) is 0 Å². The average molecular weight is 268 g/mol. The van der Waals surface area contributed by atoms with E-state index in [2.05, 4.69) is 0 Å². The predicted molar refractivity (Wildman–Crippen MR) is 62.3 cm³/mol. The minimum Gasteiger partial charge on any atom is -0.298 e. The first-order valence-corrected chi connectivity index (χ1v) is 5.79. The maximum atomic E-state index is 13.2. The zero-order valence-corrected chi connectivity index (χ0v) is 9.81. The molecule has 2 aromatic carbocycles. The van der Waals surface area contributed by atoms with Crippen LogP contribution >= 0.6 is 11.8 Å². The summed E-state index contributed by atoms with van der Waals surface area (Å²) in [5.74, 6) is -2.45. The highest BCUT2D eigenvalue weighted by Crippen LogP contribution is 2.29. The van der Waals surface area contributed by atoms with Crippen molar-refractivity contribution in [3.05, 3.63) is 59.4 Å². The second-order valence-electron chi connectivity index (χ2n) is 3.52. The van der Waals surface area contributed by atoms with Crippen LogP contribution in [0.3, 0.4) is 0 Å². The minimum absolute atomic E-state index is 0.195. The maximum absolute atomic E-state index is 13.2. The molecule has 0 spiro atoms. The van der Waals surface area contributed by atoms with Crippen LogP contribution in [-0.2, 0) is 0 Å². The molecule has 0 aliphatic heterocycles. The number of carbonyl (C=O) groups is 1. The number of carbonyl (C=O) groups excluding carboxylic acids is 1. The minimum atomic E-state index is -0.966. The quantitative estimate of drug-likeness (QED) is 0.781. The molecule has 0 saturated heterocycles. The van der Waals surface area contributed by atoms with Gasteiger partial charge in [-0.05, 0) is 36.4 Å². The first-order valence-electron chi connectivity index (χ1n) is 4.97. The lowest BCUT2D eigenvalue weighted by molar-refractivity contribution is 0.112. The molecule has 0 aliphatic rings. The van der Waals surface area contributed by atoms with Gasteiger partial charge in [0.15, 0.2) is 11.6 Å². The largest absolute Gasteiger partial charge is 0.298 e. The molecule has 0 heterocycles. The van der Waals surface area contributed by atoms with Crippen LogP contribution in [0.2, 0.25) is 0 Å². The van der Waals surface area contributed by atoms with E-state index in [0.29, 0.717) is 16.1 Å². The van der Waals surface area contributed by atoms with Crippen LogP contribution in [0.25, 0.3) is 0 Å². The third kappa shape index (κ3) is 2.92. The Bertz CT molecular complexity index is 599. The van der Waals surface area contributed by atoms with Crippen molar-refractivity contribution in [2.45, 2.75) is 9.79 Å². The Kier molecular flexibility index (Phi) is 3.72. The summed E-state index contributed by atoms with van der Waals surface area (Å²) in [6, 6.07) is 7.20. The van der Waals surface area contributed by atoms with E-state index in [1.54, 1.807) is 0 Å². The molecule has 2 aromatic rings. The van der Waals surface area contributed by atoms with Gasteiger partial charge in [-0.1, -0.05) is 11.8 Å². The van der Waals surface area contributed by atoms with Crippen LogP contribution in [0, 0.1) is 17.5 Å². The second kappa shape index (κ2) is 5.27.